The number of nitrogens with zero attached hydrogens (tertiary/aromatic N) is 1. The van der Waals surface area contributed by atoms with Crippen molar-refractivity contribution in [3.63, 3.8) is 0 Å². The summed E-state index contributed by atoms with van der Waals surface area (Å²) in [6.07, 6.45) is 1.85. The molecule has 1 amide bonds. The molecule has 144 valence electrons. The molecule has 2 aromatic carbocycles. The number of nitrogens with one attached hydrogen (secondary N) is 1. The summed E-state index contributed by atoms with van der Waals surface area (Å²) in [5.41, 5.74) is 2.67. The van der Waals surface area contributed by atoms with Crippen LogP contribution in [0.5, 0.6) is 5.75 Å². The molecule has 0 aliphatic carbocycles. The molecule has 3 rings (SSSR count). The van der Waals surface area contributed by atoms with Gasteiger partial charge in [-0.05, 0) is 43.2 Å². The smallest absolute Gasteiger partial charge is 0.257 e. The van der Waals surface area contributed by atoms with Crippen LogP contribution < -0.4 is 10.1 Å². The van der Waals surface area contributed by atoms with E-state index in [4.69, 9.17) is 9.47 Å². The molecule has 0 bridgehead atoms. The molecule has 5 nitrogen and oxygen atoms in total. The van der Waals surface area contributed by atoms with E-state index in [0.717, 1.165) is 42.0 Å². The second-order valence-electron chi connectivity index (χ2n) is 6.56. The highest BCUT2D eigenvalue weighted by Gasteiger charge is 2.32. The lowest BCUT2D eigenvalue weighted by molar-refractivity contribution is 0.0680. The van der Waals surface area contributed by atoms with E-state index in [2.05, 4.69) is 12.2 Å². The SMILES string of the molecule is CCCCN1C(=O)c2ccccc2NC1c1ccc(OCCOCC)cc1. The summed E-state index contributed by atoms with van der Waals surface area (Å²) in [6.45, 7) is 6.64. The Morgan fingerprint density at radius 3 is 2.56 bits per heavy atom. The van der Waals surface area contributed by atoms with Crippen molar-refractivity contribution >= 4 is 11.6 Å². The number of benzene rings is 2. The number of hydrogen-bond donors (Lipinski definition) is 1. The predicted octanol–water partition coefficient (Wildman–Crippen LogP) is 4.47. The number of para-hydroxylation sites is 1. The molecule has 1 heterocycles. The minimum Gasteiger partial charge on any atom is -0.491 e. The molecule has 2 aromatic rings. The van der Waals surface area contributed by atoms with Gasteiger partial charge in [0.15, 0.2) is 0 Å². The molecule has 1 N–H and O–H groups in total. The summed E-state index contributed by atoms with van der Waals surface area (Å²) in [7, 11) is 0. The summed E-state index contributed by atoms with van der Waals surface area (Å²) in [6, 6.07) is 15.6. The maximum absolute atomic E-state index is 13.0. The number of unbranched alkanes of at least 4 members (excludes halogenated alkanes) is 1. The quantitative estimate of drug-likeness (QED) is 0.664. The van der Waals surface area contributed by atoms with E-state index in [1.54, 1.807) is 0 Å². The number of rotatable bonds is 9. The molecule has 0 spiro atoms. The number of amides is 1. The Balaban J connectivity index is 1.77. The Kier molecular flexibility index (Phi) is 6.71. The number of carbonyl (C=O) groups excluding carboxylic acids is 1. The summed E-state index contributed by atoms with van der Waals surface area (Å²) in [5.74, 6) is 0.890. The van der Waals surface area contributed by atoms with Gasteiger partial charge in [-0.25, -0.2) is 0 Å². The molecule has 1 unspecified atom stereocenters. The van der Waals surface area contributed by atoms with Gasteiger partial charge in [0.25, 0.3) is 5.91 Å². The predicted molar refractivity (Wildman–Crippen MR) is 107 cm³/mol. The van der Waals surface area contributed by atoms with Crippen molar-refractivity contribution in [2.75, 3.05) is 31.7 Å². The maximum atomic E-state index is 13.0. The molecule has 0 saturated heterocycles. The molecule has 1 aliphatic heterocycles. The molecule has 5 heteroatoms. The van der Waals surface area contributed by atoms with Crippen LogP contribution in [0, 0.1) is 0 Å². The van der Waals surface area contributed by atoms with Crippen LogP contribution in [0.15, 0.2) is 48.5 Å². The Morgan fingerprint density at radius 1 is 1.04 bits per heavy atom. The standard InChI is InChI=1S/C22H28N2O3/c1-3-5-14-24-21(23-20-9-7-6-8-19(20)22(24)25)17-10-12-18(13-11-17)27-16-15-26-4-2/h6-13,21,23H,3-5,14-16H2,1-2H3. The van der Waals surface area contributed by atoms with Crippen molar-refractivity contribution in [3.8, 4) is 5.75 Å². The minimum absolute atomic E-state index is 0.0832. The van der Waals surface area contributed by atoms with Gasteiger partial charge < -0.3 is 19.7 Å². The second kappa shape index (κ2) is 9.42. The summed E-state index contributed by atoms with van der Waals surface area (Å²) in [4.78, 5) is 15.0. The van der Waals surface area contributed by atoms with Gasteiger partial charge in [-0.3, -0.25) is 4.79 Å². The first-order valence-electron chi connectivity index (χ1n) is 9.71. The van der Waals surface area contributed by atoms with Crippen molar-refractivity contribution in [2.45, 2.75) is 32.9 Å². The van der Waals surface area contributed by atoms with Gasteiger partial charge in [0.2, 0.25) is 0 Å². The van der Waals surface area contributed by atoms with E-state index >= 15 is 0 Å². The molecule has 0 radical (unpaired) electrons. The third kappa shape index (κ3) is 4.61. The highest BCUT2D eigenvalue weighted by molar-refractivity contribution is 6.01. The van der Waals surface area contributed by atoms with E-state index < -0.39 is 0 Å². The van der Waals surface area contributed by atoms with E-state index in [1.807, 2.05) is 60.4 Å². The maximum Gasteiger partial charge on any atom is 0.257 e. The van der Waals surface area contributed by atoms with Crippen molar-refractivity contribution < 1.29 is 14.3 Å². The van der Waals surface area contributed by atoms with Crippen LogP contribution in [0.1, 0.15) is 48.8 Å². The fraction of sp³-hybridized carbons (Fsp3) is 0.409. The van der Waals surface area contributed by atoms with Crippen LogP contribution in [0.2, 0.25) is 0 Å². The van der Waals surface area contributed by atoms with Gasteiger partial charge in [-0.15, -0.1) is 0 Å². The van der Waals surface area contributed by atoms with Gasteiger partial charge >= 0.3 is 0 Å². The van der Waals surface area contributed by atoms with Crippen molar-refractivity contribution in [1.82, 2.24) is 4.90 Å². The highest BCUT2D eigenvalue weighted by Crippen LogP contribution is 2.33. The van der Waals surface area contributed by atoms with Crippen LogP contribution >= 0.6 is 0 Å². The average molecular weight is 368 g/mol. The van der Waals surface area contributed by atoms with E-state index in [9.17, 15) is 4.79 Å². The third-order valence-corrected chi connectivity index (χ3v) is 4.67. The second-order valence-corrected chi connectivity index (χ2v) is 6.56. The van der Waals surface area contributed by atoms with Crippen molar-refractivity contribution in [1.29, 1.82) is 0 Å². The number of fused-ring (bicyclic) bond motifs is 1. The number of anilines is 1. The molecule has 1 aliphatic rings. The molecular weight excluding hydrogens is 340 g/mol. The van der Waals surface area contributed by atoms with Crippen molar-refractivity contribution in [2.24, 2.45) is 0 Å². The Morgan fingerprint density at radius 2 is 1.81 bits per heavy atom. The van der Waals surface area contributed by atoms with Crippen LogP contribution in [0.4, 0.5) is 5.69 Å². The van der Waals surface area contributed by atoms with Crippen LogP contribution in [-0.4, -0.2) is 37.2 Å². The summed E-state index contributed by atoms with van der Waals surface area (Å²) < 4.78 is 11.0. The third-order valence-electron chi connectivity index (χ3n) is 4.67. The van der Waals surface area contributed by atoms with E-state index in [1.165, 1.54) is 0 Å². The van der Waals surface area contributed by atoms with E-state index in [0.29, 0.717) is 19.8 Å². The average Bonchev–Trinajstić information content (AvgIpc) is 2.71. The Bertz CT molecular complexity index is 745. The Hall–Kier alpha value is -2.53. The van der Waals surface area contributed by atoms with Gasteiger partial charge in [-0.1, -0.05) is 37.6 Å². The van der Waals surface area contributed by atoms with Crippen molar-refractivity contribution in [3.05, 3.63) is 59.7 Å². The highest BCUT2D eigenvalue weighted by atomic mass is 16.5. The normalized spacial score (nSPS) is 16.0. The van der Waals surface area contributed by atoms with Gasteiger partial charge in [-0.2, -0.15) is 0 Å². The van der Waals surface area contributed by atoms with E-state index in [-0.39, 0.29) is 12.1 Å². The zero-order valence-electron chi connectivity index (χ0n) is 16.1. The lowest BCUT2D eigenvalue weighted by atomic mass is 10.0. The summed E-state index contributed by atoms with van der Waals surface area (Å²) in [5, 5.41) is 3.53. The lowest BCUT2D eigenvalue weighted by Gasteiger charge is -2.38. The molecule has 0 saturated carbocycles. The molecule has 0 fully saturated rings. The first kappa shape index (κ1) is 19.2. The first-order valence-corrected chi connectivity index (χ1v) is 9.71. The lowest BCUT2D eigenvalue weighted by Crippen LogP contribution is -2.43. The van der Waals surface area contributed by atoms with Gasteiger partial charge in [0.1, 0.15) is 18.5 Å². The fourth-order valence-electron chi connectivity index (χ4n) is 3.22. The van der Waals surface area contributed by atoms with Gasteiger partial charge in [0.05, 0.1) is 12.2 Å². The zero-order valence-corrected chi connectivity index (χ0v) is 16.1. The number of carbonyl (C=O) groups is 1. The molecular formula is C22H28N2O3. The molecule has 27 heavy (non-hydrogen) atoms. The molecule has 1 atom stereocenters. The Labute approximate surface area is 161 Å². The van der Waals surface area contributed by atoms with Crippen LogP contribution in [0.3, 0.4) is 0 Å². The summed E-state index contributed by atoms with van der Waals surface area (Å²) >= 11 is 0. The molecule has 0 aromatic heterocycles. The van der Waals surface area contributed by atoms with Crippen LogP contribution in [-0.2, 0) is 4.74 Å². The van der Waals surface area contributed by atoms with Gasteiger partial charge in [0, 0.05) is 18.8 Å². The fourth-order valence-corrected chi connectivity index (χ4v) is 3.22. The topological polar surface area (TPSA) is 50.8 Å². The number of ether oxygens (including phenoxy) is 2. The monoisotopic (exact) mass is 368 g/mol. The first-order chi connectivity index (χ1) is 13.2. The largest absolute Gasteiger partial charge is 0.491 e. The van der Waals surface area contributed by atoms with Crippen LogP contribution in [0.25, 0.3) is 0 Å². The minimum atomic E-state index is -0.170. The number of hydrogen-bond acceptors (Lipinski definition) is 4. The zero-order chi connectivity index (χ0) is 19.1.